The van der Waals surface area contributed by atoms with E-state index in [2.05, 4.69) is 20.3 Å². The van der Waals surface area contributed by atoms with E-state index in [0.29, 0.717) is 0 Å². The van der Waals surface area contributed by atoms with Crippen molar-refractivity contribution in [2.45, 2.75) is 26.7 Å². The molecule has 0 saturated heterocycles. The average Bonchev–Trinajstić information content (AvgIpc) is 2.22. The maximum atomic E-state index is 2.33. The summed E-state index contributed by atoms with van der Waals surface area (Å²) in [5.74, 6) is 2.10. The van der Waals surface area contributed by atoms with Crippen LogP contribution in [0.3, 0.4) is 0 Å². The third kappa shape index (κ3) is 1.19. The zero-order chi connectivity index (χ0) is 5.28. The summed E-state index contributed by atoms with van der Waals surface area (Å²) < 4.78 is 0. The van der Waals surface area contributed by atoms with E-state index in [1.807, 2.05) is 0 Å². The summed E-state index contributed by atoms with van der Waals surface area (Å²) in [6, 6.07) is 0. The van der Waals surface area contributed by atoms with Crippen molar-refractivity contribution in [2.24, 2.45) is 11.8 Å². The lowest BCUT2D eigenvalue weighted by Gasteiger charge is -1.86. The van der Waals surface area contributed by atoms with Crippen LogP contribution in [0.2, 0.25) is 0 Å². The first kappa shape index (κ1) is 5.14. The first-order valence-corrected chi connectivity index (χ1v) is 3.12. The maximum absolute atomic E-state index is 2.33. The Balaban J connectivity index is 1.98. The number of hydrogen-bond donors (Lipinski definition) is 0. The van der Waals surface area contributed by atoms with Gasteiger partial charge in [-0.2, -0.15) is 0 Å². The van der Waals surface area contributed by atoms with Crippen molar-refractivity contribution in [2.75, 3.05) is 0 Å². The molecule has 0 bridgehead atoms. The largest absolute Gasteiger partial charge is 0.0622 e. The van der Waals surface area contributed by atoms with Gasteiger partial charge < -0.3 is 0 Å². The monoisotopic (exact) mass is 97.1 g/mol. The average molecular weight is 97.2 g/mol. The molecule has 2 unspecified atom stereocenters. The van der Waals surface area contributed by atoms with E-state index in [1.165, 1.54) is 12.8 Å². The molecule has 41 valence electrons. The Hall–Kier alpha value is 0. The van der Waals surface area contributed by atoms with E-state index < -0.39 is 0 Å². The van der Waals surface area contributed by atoms with Crippen LogP contribution >= 0.6 is 0 Å². The molecule has 0 heterocycles. The van der Waals surface area contributed by atoms with Crippen LogP contribution in [0.1, 0.15) is 26.7 Å². The highest BCUT2D eigenvalue weighted by Crippen LogP contribution is 2.40. The van der Waals surface area contributed by atoms with Crippen LogP contribution < -0.4 is 0 Å². The molecule has 0 nitrogen and oxygen atoms in total. The third-order valence-electron chi connectivity index (χ3n) is 1.81. The second kappa shape index (κ2) is 1.85. The zero-order valence-corrected chi connectivity index (χ0v) is 5.15. The minimum atomic E-state index is 1.04. The van der Waals surface area contributed by atoms with Crippen LogP contribution in [0.5, 0.6) is 0 Å². The Labute approximate surface area is 45.9 Å². The molecular weight excluding hydrogens is 84.1 g/mol. The molecule has 0 aromatic rings. The molecule has 0 heteroatoms. The van der Waals surface area contributed by atoms with Gasteiger partial charge in [0.2, 0.25) is 0 Å². The minimum Gasteiger partial charge on any atom is -0.0622 e. The van der Waals surface area contributed by atoms with E-state index in [-0.39, 0.29) is 0 Å². The van der Waals surface area contributed by atoms with Gasteiger partial charge in [-0.15, -0.1) is 0 Å². The maximum Gasteiger partial charge on any atom is -0.0383 e. The first-order chi connectivity index (χ1) is 3.34. The quantitative estimate of drug-likeness (QED) is 0.495. The van der Waals surface area contributed by atoms with Gasteiger partial charge >= 0.3 is 0 Å². The molecule has 1 radical (unpaired) electrons. The van der Waals surface area contributed by atoms with Gasteiger partial charge in [0.25, 0.3) is 0 Å². The first-order valence-electron chi connectivity index (χ1n) is 3.12. The van der Waals surface area contributed by atoms with E-state index >= 15 is 0 Å². The second-order valence-electron chi connectivity index (χ2n) is 2.62. The van der Waals surface area contributed by atoms with E-state index in [9.17, 15) is 0 Å². The Morgan fingerprint density at radius 2 is 2.29 bits per heavy atom. The van der Waals surface area contributed by atoms with Crippen molar-refractivity contribution >= 4 is 0 Å². The summed E-state index contributed by atoms with van der Waals surface area (Å²) in [4.78, 5) is 0. The van der Waals surface area contributed by atoms with Crippen molar-refractivity contribution in [3.05, 3.63) is 6.42 Å². The van der Waals surface area contributed by atoms with Crippen LogP contribution in [0.15, 0.2) is 0 Å². The predicted octanol–water partition coefficient (Wildman–Crippen LogP) is 2.26. The van der Waals surface area contributed by atoms with Gasteiger partial charge in [-0.1, -0.05) is 13.8 Å². The molecule has 1 fully saturated rings. The Bertz CT molecular complexity index is 57.1. The van der Waals surface area contributed by atoms with Crippen LogP contribution in [0, 0.1) is 18.3 Å². The summed E-state index contributed by atoms with van der Waals surface area (Å²) in [5, 5.41) is 0. The molecule has 0 N–H and O–H groups in total. The van der Waals surface area contributed by atoms with Gasteiger partial charge in [0.15, 0.2) is 0 Å². The smallest absolute Gasteiger partial charge is 0.0383 e. The predicted molar refractivity (Wildman–Crippen MR) is 31.9 cm³/mol. The number of rotatable bonds is 2. The van der Waals surface area contributed by atoms with Gasteiger partial charge in [0.1, 0.15) is 0 Å². The van der Waals surface area contributed by atoms with Gasteiger partial charge in [0.05, 0.1) is 0 Å². The summed E-state index contributed by atoms with van der Waals surface area (Å²) >= 11 is 0. The fourth-order valence-electron chi connectivity index (χ4n) is 1.03. The molecule has 0 amide bonds. The molecular formula is C7H13. The van der Waals surface area contributed by atoms with Gasteiger partial charge in [-0.25, -0.2) is 0 Å². The van der Waals surface area contributed by atoms with Crippen LogP contribution in [0.25, 0.3) is 0 Å². The van der Waals surface area contributed by atoms with Crippen molar-refractivity contribution in [3.63, 3.8) is 0 Å². The highest BCUT2D eigenvalue weighted by atomic mass is 14.4. The summed E-state index contributed by atoms with van der Waals surface area (Å²) in [6.07, 6.45) is 5.10. The van der Waals surface area contributed by atoms with Crippen molar-refractivity contribution in [3.8, 4) is 0 Å². The summed E-state index contributed by atoms with van der Waals surface area (Å²) in [5.41, 5.74) is 0. The molecule has 1 rings (SSSR count). The molecule has 1 aliphatic rings. The highest BCUT2D eigenvalue weighted by Gasteiger charge is 2.30. The fraction of sp³-hybridized carbons (Fsp3) is 0.857. The molecule has 0 aromatic heterocycles. The standard InChI is InChI=1S/C7H13/c1-3-4-7-5-6(7)2/h3,6-7H,4-5H2,1-2H3. The van der Waals surface area contributed by atoms with Crippen molar-refractivity contribution < 1.29 is 0 Å². The van der Waals surface area contributed by atoms with E-state index in [4.69, 9.17) is 0 Å². The molecule has 2 atom stereocenters. The molecule has 0 aliphatic heterocycles. The van der Waals surface area contributed by atoms with Gasteiger partial charge in [-0.3, -0.25) is 0 Å². The minimum absolute atomic E-state index is 1.04. The SMILES string of the molecule is C[CH]CC1CC1C. The molecule has 1 aliphatic carbocycles. The van der Waals surface area contributed by atoms with Crippen molar-refractivity contribution in [1.29, 1.82) is 0 Å². The van der Waals surface area contributed by atoms with Gasteiger partial charge in [-0.05, 0) is 31.1 Å². The van der Waals surface area contributed by atoms with Crippen LogP contribution in [0.4, 0.5) is 0 Å². The van der Waals surface area contributed by atoms with E-state index in [0.717, 1.165) is 11.8 Å². The Morgan fingerprint density at radius 3 is 2.43 bits per heavy atom. The lowest BCUT2D eigenvalue weighted by atomic mass is 10.2. The van der Waals surface area contributed by atoms with Crippen molar-refractivity contribution in [1.82, 2.24) is 0 Å². The fourth-order valence-corrected chi connectivity index (χ4v) is 1.03. The Kier molecular flexibility index (Phi) is 1.36. The normalized spacial score (nSPS) is 38.6. The molecule has 7 heavy (non-hydrogen) atoms. The van der Waals surface area contributed by atoms with E-state index in [1.54, 1.807) is 0 Å². The number of hydrogen-bond acceptors (Lipinski definition) is 0. The molecule has 0 spiro atoms. The third-order valence-corrected chi connectivity index (χ3v) is 1.81. The Morgan fingerprint density at radius 1 is 1.71 bits per heavy atom. The summed E-state index contributed by atoms with van der Waals surface area (Å²) in [7, 11) is 0. The molecule has 1 saturated carbocycles. The van der Waals surface area contributed by atoms with Crippen LogP contribution in [-0.2, 0) is 0 Å². The highest BCUT2D eigenvalue weighted by molar-refractivity contribution is 4.85. The summed E-state index contributed by atoms with van der Waals surface area (Å²) in [6.45, 7) is 4.47. The lowest BCUT2D eigenvalue weighted by Crippen LogP contribution is -1.74. The topological polar surface area (TPSA) is 0 Å². The molecule has 0 aromatic carbocycles. The zero-order valence-electron chi connectivity index (χ0n) is 5.15. The lowest BCUT2D eigenvalue weighted by molar-refractivity contribution is 0.736. The van der Waals surface area contributed by atoms with Crippen LogP contribution in [-0.4, -0.2) is 0 Å². The van der Waals surface area contributed by atoms with Gasteiger partial charge in [0, 0.05) is 0 Å². The second-order valence-corrected chi connectivity index (χ2v) is 2.62.